The van der Waals surface area contributed by atoms with Gasteiger partial charge in [0.25, 0.3) is 5.89 Å². The molecule has 2 aromatic rings. The molecule has 106 valence electrons. The largest absolute Gasteiger partial charge is 0.353 e. The maximum Gasteiger partial charge on any atom is 0.269 e. The van der Waals surface area contributed by atoms with Crippen LogP contribution in [-0.2, 0) is 11.2 Å². The third-order valence-corrected chi connectivity index (χ3v) is 4.16. The second kappa shape index (κ2) is 6.13. The molecule has 1 saturated carbocycles. The SMILES string of the molecule is O=C(Cc1noc(-c2cncs2)n1)NC1CCCCC1. The van der Waals surface area contributed by atoms with Crippen LogP contribution < -0.4 is 5.32 Å². The second-order valence-corrected chi connectivity index (χ2v) is 5.85. The molecule has 0 bridgehead atoms. The molecule has 1 amide bonds. The molecule has 0 saturated heterocycles. The number of rotatable bonds is 4. The molecule has 0 spiro atoms. The molecule has 0 atom stereocenters. The van der Waals surface area contributed by atoms with E-state index in [1.165, 1.54) is 30.6 Å². The van der Waals surface area contributed by atoms with Crippen LogP contribution in [0.15, 0.2) is 16.2 Å². The summed E-state index contributed by atoms with van der Waals surface area (Å²) >= 11 is 1.43. The van der Waals surface area contributed by atoms with Crippen LogP contribution in [0.5, 0.6) is 0 Å². The summed E-state index contributed by atoms with van der Waals surface area (Å²) in [5, 5.41) is 6.88. The van der Waals surface area contributed by atoms with Crippen LogP contribution >= 0.6 is 11.3 Å². The van der Waals surface area contributed by atoms with Gasteiger partial charge in [-0.05, 0) is 12.8 Å². The van der Waals surface area contributed by atoms with Gasteiger partial charge in [-0.2, -0.15) is 4.98 Å². The van der Waals surface area contributed by atoms with Crippen molar-refractivity contribution in [1.29, 1.82) is 0 Å². The van der Waals surface area contributed by atoms with Gasteiger partial charge in [0.15, 0.2) is 5.82 Å². The fourth-order valence-corrected chi connectivity index (χ4v) is 2.96. The number of thiazole rings is 1. The normalized spacial score (nSPS) is 16.2. The van der Waals surface area contributed by atoms with Crippen LogP contribution in [0.25, 0.3) is 10.8 Å². The third kappa shape index (κ3) is 3.22. The Hall–Kier alpha value is -1.76. The van der Waals surface area contributed by atoms with E-state index in [2.05, 4.69) is 20.4 Å². The molecule has 2 heterocycles. The fourth-order valence-electron chi connectivity index (χ4n) is 2.42. The summed E-state index contributed by atoms with van der Waals surface area (Å²) in [5.74, 6) is 0.809. The van der Waals surface area contributed by atoms with Crippen LogP contribution in [0.1, 0.15) is 37.9 Å². The molecule has 1 N–H and O–H groups in total. The lowest BCUT2D eigenvalue weighted by Crippen LogP contribution is -2.37. The van der Waals surface area contributed by atoms with E-state index in [0.717, 1.165) is 17.7 Å². The van der Waals surface area contributed by atoms with Crippen molar-refractivity contribution in [3.8, 4) is 10.8 Å². The number of hydrogen-bond acceptors (Lipinski definition) is 6. The van der Waals surface area contributed by atoms with Crippen molar-refractivity contribution in [3.05, 3.63) is 17.5 Å². The van der Waals surface area contributed by atoms with Gasteiger partial charge in [-0.15, -0.1) is 11.3 Å². The van der Waals surface area contributed by atoms with Crippen LogP contribution in [0, 0.1) is 0 Å². The van der Waals surface area contributed by atoms with E-state index in [4.69, 9.17) is 4.52 Å². The smallest absolute Gasteiger partial charge is 0.269 e. The lowest BCUT2D eigenvalue weighted by molar-refractivity contribution is -0.121. The Morgan fingerprint density at radius 2 is 2.25 bits per heavy atom. The van der Waals surface area contributed by atoms with Crippen molar-refractivity contribution in [1.82, 2.24) is 20.4 Å². The van der Waals surface area contributed by atoms with Gasteiger partial charge in [-0.1, -0.05) is 24.4 Å². The highest BCUT2D eigenvalue weighted by Crippen LogP contribution is 2.21. The van der Waals surface area contributed by atoms with Gasteiger partial charge in [0.2, 0.25) is 5.91 Å². The minimum Gasteiger partial charge on any atom is -0.353 e. The van der Waals surface area contributed by atoms with Crippen molar-refractivity contribution in [2.45, 2.75) is 44.6 Å². The average molecular weight is 292 g/mol. The molecule has 1 aliphatic carbocycles. The highest BCUT2D eigenvalue weighted by Gasteiger charge is 2.18. The zero-order chi connectivity index (χ0) is 13.8. The first-order chi connectivity index (χ1) is 9.81. The highest BCUT2D eigenvalue weighted by atomic mass is 32.1. The molecule has 20 heavy (non-hydrogen) atoms. The van der Waals surface area contributed by atoms with E-state index in [-0.39, 0.29) is 12.3 Å². The van der Waals surface area contributed by atoms with Crippen molar-refractivity contribution in [3.63, 3.8) is 0 Å². The minimum absolute atomic E-state index is 0.0337. The standard InChI is InChI=1S/C13H16N4O2S/c18-12(15-9-4-2-1-3-5-9)6-11-16-13(19-17-11)10-7-14-8-20-10/h7-9H,1-6H2,(H,15,18). The lowest BCUT2D eigenvalue weighted by Gasteiger charge is -2.22. The third-order valence-electron chi connectivity index (χ3n) is 3.40. The van der Waals surface area contributed by atoms with Gasteiger partial charge >= 0.3 is 0 Å². The summed E-state index contributed by atoms with van der Waals surface area (Å²) in [6.07, 6.45) is 7.65. The highest BCUT2D eigenvalue weighted by molar-refractivity contribution is 7.13. The minimum atomic E-state index is -0.0337. The predicted octanol–water partition coefficient (Wildman–Crippen LogP) is 2.18. The van der Waals surface area contributed by atoms with E-state index < -0.39 is 0 Å². The summed E-state index contributed by atoms with van der Waals surface area (Å²) in [6, 6.07) is 0.309. The Balaban J connectivity index is 1.56. The maximum absolute atomic E-state index is 11.9. The summed E-state index contributed by atoms with van der Waals surface area (Å²) in [4.78, 5) is 20.9. The summed E-state index contributed by atoms with van der Waals surface area (Å²) in [7, 11) is 0. The second-order valence-electron chi connectivity index (χ2n) is 4.96. The van der Waals surface area contributed by atoms with E-state index >= 15 is 0 Å². The molecule has 2 aromatic heterocycles. The molecule has 1 aliphatic rings. The van der Waals surface area contributed by atoms with Gasteiger partial charge in [0.1, 0.15) is 4.88 Å². The quantitative estimate of drug-likeness (QED) is 0.934. The molecule has 0 unspecified atom stereocenters. The Labute approximate surface area is 120 Å². The zero-order valence-electron chi connectivity index (χ0n) is 11.0. The van der Waals surface area contributed by atoms with Gasteiger partial charge in [0, 0.05) is 6.04 Å². The monoisotopic (exact) mass is 292 g/mol. The molecule has 0 aromatic carbocycles. The topological polar surface area (TPSA) is 80.9 Å². The average Bonchev–Trinajstić information content (AvgIpc) is 3.10. The molecule has 7 heteroatoms. The first-order valence-electron chi connectivity index (χ1n) is 6.82. The fraction of sp³-hybridized carbons (Fsp3) is 0.538. The Morgan fingerprint density at radius 3 is 3.00 bits per heavy atom. The Kier molecular flexibility index (Phi) is 4.05. The van der Waals surface area contributed by atoms with Crippen molar-refractivity contribution >= 4 is 17.2 Å². The van der Waals surface area contributed by atoms with Gasteiger partial charge < -0.3 is 9.84 Å². The van der Waals surface area contributed by atoms with E-state index in [1.54, 1.807) is 11.7 Å². The van der Waals surface area contributed by atoms with E-state index in [1.807, 2.05) is 0 Å². The number of nitrogens with one attached hydrogen (secondary N) is 1. The Bertz CT molecular complexity index is 561. The van der Waals surface area contributed by atoms with Gasteiger partial charge in [-0.3, -0.25) is 9.78 Å². The van der Waals surface area contributed by atoms with Crippen molar-refractivity contribution in [2.75, 3.05) is 0 Å². The number of carbonyl (C=O) groups is 1. The number of aromatic nitrogens is 3. The number of amides is 1. The summed E-state index contributed by atoms with van der Waals surface area (Å²) < 4.78 is 5.13. The van der Waals surface area contributed by atoms with Crippen LogP contribution in [0.4, 0.5) is 0 Å². The number of carbonyl (C=O) groups excluding carboxylic acids is 1. The molecular formula is C13H16N4O2S. The number of nitrogens with zero attached hydrogens (tertiary/aromatic N) is 3. The molecule has 0 aliphatic heterocycles. The first-order valence-corrected chi connectivity index (χ1v) is 7.70. The van der Waals surface area contributed by atoms with Gasteiger partial charge in [-0.25, -0.2) is 0 Å². The van der Waals surface area contributed by atoms with Crippen LogP contribution in [0.3, 0.4) is 0 Å². The molecule has 1 fully saturated rings. The maximum atomic E-state index is 11.9. The van der Waals surface area contributed by atoms with E-state index in [9.17, 15) is 4.79 Å². The van der Waals surface area contributed by atoms with Crippen LogP contribution in [-0.4, -0.2) is 27.1 Å². The zero-order valence-corrected chi connectivity index (χ0v) is 11.9. The van der Waals surface area contributed by atoms with E-state index in [0.29, 0.717) is 17.8 Å². The van der Waals surface area contributed by atoms with Crippen molar-refractivity contribution in [2.24, 2.45) is 0 Å². The molecule has 3 rings (SSSR count). The van der Waals surface area contributed by atoms with Gasteiger partial charge in [0.05, 0.1) is 18.1 Å². The predicted molar refractivity (Wildman–Crippen MR) is 74.1 cm³/mol. The first kappa shape index (κ1) is 13.2. The summed E-state index contributed by atoms with van der Waals surface area (Å²) in [5.41, 5.74) is 1.70. The Morgan fingerprint density at radius 1 is 1.40 bits per heavy atom. The number of hydrogen-bond donors (Lipinski definition) is 1. The lowest BCUT2D eigenvalue weighted by atomic mass is 9.95. The van der Waals surface area contributed by atoms with Crippen molar-refractivity contribution < 1.29 is 9.32 Å². The van der Waals surface area contributed by atoms with Crippen LogP contribution in [0.2, 0.25) is 0 Å². The molecular weight excluding hydrogens is 276 g/mol. The summed E-state index contributed by atoms with van der Waals surface area (Å²) in [6.45, 7) is 0. The molecule has 6 nitrogen and oxygen atoms in total. The molecule has 0 radical (unpaired) electrons.